The monoisotopic (exact) mass is 356 g/mol. The fraction of sp³-hybridized carbons (Fsp3) is 0.455. The molecule has 2 rings (SSSR count). The molecular weight excluding hydrogens is 328 g/mol. The van der Waals surface area contributed by atoms with Crippen molar-refractivity contribution in [1.82, 2.24) is 0 Å². The number of esters is 2. The van der Waals surface area contributed by atoms with Gasteiger partial charge in [0, 0.05) is 0 Å². The second-order valence-corrected chi connectivity index (χ2v) is 7.61. The van der Waals surface area contributed by atoms with Crippen LogP contribution in [-0.2, 0) is 14.3 Å². The van der Waals surface area contributed by atoms with Gasteiger partial charge >= 0.3 is 11.9 Å². The van der Waals surface area contributed by atoms with E-state index >= 15 is 0 Å². The molecule has 1 aromatic rings. The smallest absolute Gasteiger partial charge is 0.338 e. The van der Waals surface area contributed by atoms with Gasteiger partial charge in [-0.1, -0.05) is 58.1 Å². The molecule has 1 aliphatic rings. The summed E-state index contributed by atoms with van der Waals surface area (Å²) >= 11 is 0. The molecule has 0 aliphatic heterocycles. The quantitative estimate of drug-likeness (QED) is 0.542. The first-order chi connectivity index (χ1) is 12.3. The van der Waals surface area contributed by atoms with E-state index in [9.17, 15) is 9.59 Å². The van der Waals surface area contributed by atoms with E-state index < -0.39 is 5.97 Å². The standard InChI is InChI=1S/C22H28O4/c1-16(22(2,3)4)20(23)25-14-15-26-21(24)19-12-10-18(11-13-19)17-8-6-5-7-9-17/h6,8-13,16H,5,7,14-15H2,1-4H3. The van der Waals surface area contributed by atoms with Crippen molar-refractivity contribution in [2.75, 3.05) is 13.2 Å². The van der Waals surface area contributed by atoms with Crippen molar-refractivity contribution in [1.29, 1.82) is 0 Å². The van der Waals surface area contributed by atoms with Gasteiger partial charge in [-0.15, -0.1) is 0 Å². The maximum atomic E-state index is 12.1. The Morgan fingerprint density at radius 3 is 2.27 bits per heavy atom. The Hall–Kier alpha value is -2.36. The SMILES string of the molecule is CC(C(=O)OCCOC(=O)c1ccc(C2=CCCC=C2)cc1)C(C)(C)C. The van der Waals surface area contributed by atoms with Crippen LogP contribution in [0.15, 0.2) is 42.5 Å². The highest BCUT2D eigenvalue weighted by atomic mass is 16.6. The van der Waals surface area contributed by atoms with E-state index in [0.29, 0.717) is 5.56 Å². The molecule has 1 aliphatic carbocycles. The van der Waals surface area contributed by atoms with E-state index in [1.54, 1.807) is 12.1 Å². The fourth-order valence-electron chi connectivity index (χ4n) is 2.46. The molecule has 0 saturated carbocycles. The van der Waals surface area contributed by atoms with Crippen LogP contribution in [0.3, 0.4) is 0 Å². The van der Waals surface area contributed by atoms with Crippen LogP contribution >= 0.6 is 0 Å². The summed E-state index contributed by atoms with van der Waals surface area (Å²) in [5.74, 6) is -0.898. The molecule has 1 unspecified atom stereocenters. The van der Waals surface area contributed by atoms with Gasteiger partial charge < -0.3 is 9.47 Å². The summed E-state index contributed by atoms with van der Waals surface area (Å²) < 4.78 is 10.4. The lowest BCUT2D eigenvalue weighted by Crippen LogP contribution is -2.28. The van der Waals surface area contributed by atoms with Crippen LogP contribution in [0.5, 0.6) is 0 Å². The summed E-state index contributed by atoms with van der Waals surface area (Å²) in [6, 6.07) is 7.36. The second kappa shape index (κ2) is 8.84. The molecule has 26 heavy (non-hydrogen) atoms. The first-order valence-electron chi connectivity index (χ1n) is 9.10. The topological polar surface area (TPSA) is 52.6 Å². The first-order valence-corrected chi connectivity index (χ1v) is 9.10. The average Bonchev–Trinajstić information content (AvgIpc) is 2.64. The molecule has 4 heteroatoms. The van der Waals surface area contributed by atoms with Gasteiger partial charge in [-0.2, -0.15) is 0 Å². The molecular formula is C22H28O4. The number of ether oxygens (including phenoxy) is 2. The number of hydrogen-bond acceptors (Lipinski definition) is 4. The maximum absolute atomic E-state index is 12.1. The van der Waals surface area contributed by atoms with E-state index in [2.05, 4.69) is 18.2 Å². The van der Waals surface area contributed by atoms with Crippen molar-refractivity contribution in [3.63, 3.8) is 0 Å². The van der Waals surface area contributed by atoms with Crippen molar-refractivity contribution >= 4 is 17.5 Å². The third-order valence-electron chi connectivity index (χ3n) is 4.66. The van der Waals surface area contributed by atoms with Gasteiger partial charge in [0.1, 0.15) is 13.2 Å². The van der Waals surface area contributed by atoms with Gasteiger partial charge in [-0.05, 0) is 41.5 Å². The maximum Gasteiger partial charge on any atom is 0.338 e. The minimum absolute atomic E-state index is 0.0527. The Morgan fingerprint density at radius 2 is 1.69 bits per heavy atom. The zero-order valence-corrected chi connectivity index (χ0v) is 16.1. The number of rotatable bonds is 6. The van der Waals surface area contributed by atoms with Gasteiger partial charge in [-0.3, -0.25) is 4.79 Å². The van der Waals surface area contributed by atoms with Gasteiger partial charge in [0.05, 0.1) is 11.5 Å². The number of carbonyl (C=O) groups is 2. The zero-order chi connectivity index (χ0) is 19.2. The van der Waals surface area contributed by atoms with Crippen LogP contribution in [0.25, 0.3) is 5.57 Å². The Balaban J connectivity index is 1.79. The molecule has 0 heterocycles. The highest BCUT2D eigenvalue weighted by Gasteiger charge is 2.28. The Kier molecular flexibility index (Phi) is 6.78. The minimum atomic E-state index is -0.412. The molecule has 0 fully saturated rings. The highest BCUT2D eigenvalue weighted by Crippen LogP contribution is 2.26. The lowest BCUT2D eigenvalue weighted by molar-refractivity contribution is -0.152. The van der Waals surface area contributed by atoms with Gasteiger partial charge in [-0.25, -0.2) is 4.79 Å². The van der Waals surface area contributed by atoms with E-state index in [1.807, 2.05) is 39.8 Å². The molecule has 0 radical (unpaired) electrons. The summed E-state index contributed by atoms with van der Waals surface area (Å²) in [5, 5.41) is 0. The van der Waals surface area contributed by atoms with Crippen molar-refractivity contribution in [3.05, 3.63) is 53.6 Å². The van der Waals surface area contributed by atoms with Crippen LogP contribution < -0.4 is 0 Å². The van der Waals surface area contributed by atoms with Crippen molar-refractivity contribution in [2.45, 2.75) is 40.5 Å². The molecule has 0 saturated heterocycles. The van der Waals surface area contributed by atoms with Gasteiger partial charge in [0.25, 0.3) is 0 Å². The fourth-order valence-corrected chi connectivity index (χ4v) is 2.46. The van der Waals surface area contributed by atoms with Gasteiger partial charge in [0.15, 0.2) is 0 Å². The Bertz CT molecular complexity index is 690. The highest BCUT2D eigenvalue weighted by molar-refractivity contribution is 5.90. The van der Waals surface area contributed by atoms with Crippen molar-refractivity contribution in [2.24, 2.45) is 11.3 Å². The van der Waals surface area contributed by atoms with Crippen LogP contribution in [0.1, 0.15) is 56.5 Å². The second-order valence-electron chi connectivity index (χ2n) is 7.61. The molecule has 0 amide bonds. The normalized spacial score (nSPS) is 15.2. The summed E-state index contributed by atoms with van der Waals surface area (Å²) in [4.78, 5) is 24.0. The third kappa shape index (κ3) is 5.58. The van der Waals surface area contributed by atoms with Crippen LogP contribution in [0.4, 0.5) is 0 Å². The van der Waals surface area contributed by atoms with Crippen molar-refractivity contribution < 1.29 is 19.1 Å². The molecule has 0 bridgehead atoms. The number of benzene rings is 1. The van der Waals surface area contributed by atoms with Crippen LogP contribution in [0, 0.1) is 11.3 Å². The minimum Gasteiger partial charge on any atom is -0.462 e. The predicted molar refractivity (Wildman–Crippen MR) is 103 cm³/mol. The summed E-state index contributed by atoms with van der Waals surface area (Å²) in [5.41, 5.74) is 2.60. The third-order valence-corrected chi connectivity index (χ3v) is 4.66. The predicted octanol–water partition coefficient (Wildman–Crippen LogP) is 4.80. The lowest BCUT2D eigenvalue weighted by atomic mass is 9.82. The average molecular weight is 356 g/mol. The molecule has 0 N–H and O–H groups in total. The molecule has 1 atom stereocenters. The summed E-state index contributed by atoms with van der Waals surface area (Å²) in [7, 11) is 0. The van der Waals surface area contributed by atoms with Crippen LogP contribution in [0.2, 0.25) is 0 Å². The molecule has 0 aromatic heterocycles. The lowest BCUT2D eigenvalue weighted by Gasteiger charge is -2.25. The molecule has 1 aromatic carbocycles. The van der Waals surface area contributed by atoms with E-state index in [1.165, 1.54) is 5.57 Å². The largest absolute Gasteiger partial charge is 0.462 e. The summed E-state index contributed by atoms with van der Waals surface area (Å²) in [6.07, 6.45) is 8.57. The zero-order valence-electron chi connectivity index (χ0n) is 16.1. The number of carbonyl (C=O) groups excluding carboxylic acids is 2. The van der Waals surface area contributed by atoms with Gasteiger partial charge in [0.2, 0.25) is 0 Å². The Morgan fingerprint density at radius 1 is 1.04 bits per heavy atom. The van der Waals surface area contributed by atoms with E-state index in [4.69, 9.17) is 9.47 Å². The molecule has 4 nitrogen and oxygen atoms in total. The Labute approximate surface area is 155 Å². The van der Waals surface area contributed by atoms with Crippen molar-refractivity contribution in [3.8, 4) is 0 Å². The van der Waals surface area contributed by atoms with E-state index in [-0.39, 0.29) is 30.5 Å². The number of hydrogen-bond donors (Lipinski definition) is 0. The number of allylic oxidation sites excluding steroid dienone is 4. The summed E-state index contributed by atoms with van der Waals surface area (Å²) in [6.45, 7) is 7.93. The first kappa shape index (κ1) is 20.0. The van der Waals surface area contributed by atoms with E-state index in [0.717, 1.165) is 18.4 Å². The molecule has 140 valence electrons. The van der Waals surface area contributed by atoms with Crippen LogP contribution in [-0.4, -0.2) is 25.2 Å². The molecule has 0 spiro atoms.